The smallest absolute Gasteiger partial charge is 0.255 e. The van der Waals surface area contributed by atoms with Crippen molar-refractivity contribution in [2.75, 3.05) is 19.6 Å². The van der Waals surface area contributed by atoms with Gasteiger partial charge in [-0.1, -0.05) is 55.0 Å². The average Bonchev–Trinajstić information content (AvgIpc) is 3.14. The lowest BCUT2D eigenvalue weighted by molar-refractivity contribution is -0.130. The Labute approximate surface area is 176 Å². The molecule has 1 fully saturated rings. The number of nitrogens with zero attached hydrogens (tertiary/aromatic N) is 3. The predicted molar refractivity (Wildman–Crippen MR) is 116 cm³/mol. The molecule has 4 rings (SSSR count). The summed E-state index contributed by atoms with van der Waals surface area (Å²) in [6, 6.07) is 19.4. The van der Waals surface area contributed by atoms with Crippen LogP contribution in [0, 0.1) is 0 Å². The van der Waals surface area contributed by atoms with Crippen molar-refractivity contribution in [1.29, 1.82) is 0 Å². The third kappa shape index (κ3) is 4.59. The number of aromatic nitrogens is 2. The van der Waals surface area contributed by atoms with Crippen LogP contribution >= 0.6 is 0 Å². The van der Waals surface area contributed by atoms with E-state index in [1.165, 1.54) is 0 Å². The van der Waals surface area contributed by atoms with Crippen molar-refractivity contribution in [1.82, 2.24) is 20.0 Å². The number of carbonyl (C=O) groups is 2. The second kappa shape index (κ2) is 9.39. The molecule has 3 aromatic rings. The number of benzene rings is 2. The molecule has 0 unspecified atom stereocenters. The zero-order valence-electron chi connectivity index (χ0n) is 17.0. The van der Waals surface area contributed by atoms with Crippen LogP contribution in [0.15, 0.2) is 66.9 Å². The fourth-order valence-corrected chi connectivity index (χ4v) is 3.74. The molecule has 2 heterocycles. The van der Waals surface area contributed by atoms with E-state index in [1.807, 2.05) is 65.6 Å². The van der Waals surface area contributed by atoms with Gasteiger partial charge in [0.1, 0.15) is 5.69 Å². The highest BCUT2D eigenvalue weighted by Gasteiger charge is 2.20. The van der Waals surface area contributed by atoms with Crippen LogP contribution in [-0.4, -0.2) is 46.1 Å². The molecule has 0 atom stereocenters. The molecule has 0 spiro atoms. The van der Waals surface area contributed by atoms with Crippen LogP contribution in [0.3, 0.4) is 0 Å². The predicted octanol–water partition coefficient (Wildman–Crippen LogP) is 3.67. The molecule has 1 aliphatic heterocycles. The molecular formula is C24H26N4O2. The normalized spacial score (nSPS) is 14.4. The summed E-state index contributed by atoms with van der Waals surface area (Å²) >= 11 is 0. The van der Waals surface area contributed by atoms with E-state index < -0.39 is 0 Å². The number of nitrogens with one attached hydrogen (secondary N) is 1. The summed E-state index contributed by atoms with van der Waals surface area (Å²) in [5, 5.41) is 7.66. The third-order valence-electron chi connectivity index (χ3n) is 5.37. The molecule has 0 bridgehead atoms. The largest absolute Gasteiger partial charge is 0.350 e. The van der Waals surface area contributed by atoms with Gasteiger partial charge in [-0.2, -0.15) is 5.10 Å². The number of amides is 2. The topological polar surface area (TPSA) is 67.2 Å². The van der Waals surface area contributed by atoms with E-state index >= 15 is 0 Å². The zero-order chi connectivity index (χ0) is 20.8. The lowest BCUT2D eigenvalue weighted by atomic mass is 10.1. The number of likely N-dealkylation sites (tertiary alicyclic amines) is 1. The summed E-state index contributed by atoms with van der Waals surface area (Å²) in [4.78, 5) is 27.0. The number of hydrogen-bond donors (Lipinski definition) is 1. The lowest BCUT2D eigenvalue weighted by Crippen LogP contribution is -2.38. The van der Waals surface area contributed by atoms with Gasteiger partial charge in [0.2, 0.25) is 5.91 Å². The SMILES string of the molecule is O=C(NCCN1CCCCCC1=O)c1cn(-c2ccccc2)nc1-c1ccccc1. The van der Waals surface area contributed by atoms with E-state index in [2.05, 4.69) is 10.4 Å². The highest BCUT2D eigenvalue weighted by Crippen LogP contribution is 2.23. The Morgan fingerprint density at radius 2 is 1.70 bits per heavy atom. The summed E-state index contributed by atoms with van der Waals surface area (Å²) in [7, 11) is 0. The maximum absolute atomic E-state index is 13.0. The van der Waals surface area contributed by atoms with Gasteiger partial charge in [-0.25, -0.2) is 4.68 Å². The Balaban J connectivity index is 1.52. The molecule has 1 aromatic heterocycles. The van der Waals surface area contributed by atoms with Gasteiger partial charge in [-0.15, -0.1) is 0 Å². The molecule has 30 heavy (non-hydrogen) atoms. The van der Waals surface area contributed by atoms with E-state index in [1.54, 1.807) is 10.9 Å². The first-order valence-electron chi connectivity index (χ1n) is 10.5. The van der Waals surface area contributed by atoms with Crippen molar-refractivity contribution in [2.24, 2.45) is 0 Å². The third-order valence-corrected chi connectivity index (χ3v) is 5.37. The molecule has 6 heteroatoms. The molecule has 0 aliphatic carbocycles. The number of carbonyl (C=O) groups excluding carboxylic acids is 2. The van der Waals surface area contributed by atoms with Gasteiger partial charge in [-0.05, 0) is 25.0 Å². The Hall–Kier alpha value is -3.41. The maximum atomic E-state index is 13.0. The summed E-state index contributed by atoms with van der Waals surface area (Å²) in [5.41, 5.74) is 2.94. The number of para-hydroxylation sites is 1. The molecule has 0 radical (unpaired) electrons. The van der Waals surface area contributed by atoms with Crippen molar-refractivity contribution >= 4 is 11.8 Å². The monoisotopic (exact) mass is 402 g/mol. The van der Waals surface area contributed by atoms with Gasteiger partial charge in [0.25, 0.3) is 5.91 Å². The Morgan fingerprint density at radius 3 is 2.47 bits per heavy atom. The summed E-state index contributed by atoms with van der Waals surface area (Å²) in [5.74, 6) is 0.00178. The van der Waals surface area contributed by atoms with E-state index in [9.17, 15) is 9.59 Å². The van der Waals surface area contributed by atoms with Crippen molar-refractivity contribution < 1.29 is 9.59 Å². The molecule has 1 aliphatic rings. The van der Waals surface area contributed by atoms with Gasteiger partial charge in [0, 0.05) is 37.8 Å². The van der Waals surface area contributed by atoms with Crippen LogP contribution < -0.4 is 5.32 Å². The number of hydrogen-bond acceptors (Lipinski definition) is 3. The highest BCUT2D eigenvalue weighted by atomic mass is 16.2. The van der Waals surface area contributed by atoms with Crippen LogP contribution in [-0.2, 0) is 4.79 Å². The fourth-order valence-electron chi connectivity index (χ4n) is 3.74. The highest BCUT2D eigenvalue weighted by molar-refractivity contribution is 6.00. The summed E-state index contributed by atoms with van der Waals surface area (Å²) < 4.78 is 1.73. The minimum Gasteiger partial charge on any atom is -0.350 e. The molecule has 1 saturated heterocycles. The van der Waals surface area contributed by atoms with Crippen molar-refractivity contribution in [3.63, 3.8) is 0 Å². The quantitative estimate of drug-likeness (QED) is 0.684. The van der Waals surface area contributed by atoms with Gasteiger partial charge >= 0.3 is 0 Å². The van der Waals surface area contributed by atoms with Crippen LogP contribution in [0.1, 0.15) is 36.0 Å². The molecule has 2 aromatic carbocycles. The van der Waals surface area contributed by atoms with Crippen molar-refractivity contribution in [2.45, 2.75) is 25.7 Å². The minimum atomic E-state index is -0.182. The van der Waals surface area contributed by atoms with E-state index in [0.717, 1.165) is 37.1 Å². The minimum absolute atomic E-state index is 0.182. The first-order valence-corrected chi connectivity index (χ1v) is 10.5. The zero-order valence-corrected chi connectivity index (χ0v) is 17.0. The summed E-state index contributed by atoms with van der Waals surface area (Å²) in [6.45, 7) is 1.74. The first-order chi connectivity index (χ1) is 14.7. The van der Waals surface area contributed by atoms with Gasteiger partial charge < -0.3 is 10.2 Å². The van der Waals surface area contributed by atoms with E-state index in [0.29, 0.717) is 30.8 Å². The van der Waals surface area contributed by atoms with Crippen molar-refractivity contribution in [3.05, 3.63) is 72.4 Å². The maximum Gasteiger partial charge on any atom is 0.255 e. The van der Waals surface area contributed by atoms with Crippen LogP contribution in [0.5, 0.6) is 0 Å². The van der Waals surface area contributed by atoms with E-state index in [-0.39, 0.29) is 11.8 Å². The Bertz CT molecular complexity index is 999. The Morgan fingerprint density at radius 1 is 0.967 bits per heavy atom. The average molecular weight is 402 g/mol. The standard InChI is InChI=1S/C24H26N4O2/c29-22-14-8-3-9-16-27(22)17-15-25-24(30)21-18-28(20-12-6-2-7-13-20)26-23(21)19-10-4-1-5-11-19/h1-2,4-7,10-13,18H,3,8-9,14-17H2,(H,25,30). The summed E-state index contributed by atoms with van der Waals surface area (Å²) in [6.07, 6.45) is 5.45. The van der Waals surface area contributed by atoms with Crippen LogP contribution in [0.25, 0.3) is 16.9 Å². The first kappa shape index (κ1) is 19.9. The molecular weight excluding hydrogens is 376 g/mol. The molecule has 2 amide bonds. The molecule has 6 nitrogen and oxygen atoms in total. The molecule has 0 saturated carbocycles. The van der Waals surface area contributed by atoms with Gasteiger partial charge in [0.15, 0.2) is 0 Å². The van der Waals surface area contributed by atoms with Gasteiger partial charge in [-0.3, -0.25) is 9.59 Å². The second-order valence-corrected chi connectivity index (χ2v) is 7.48. The van der Waals surface area contributed by atoms with Gasteiger partial charge in [0.05, 0.1) is 11.3 Å². The molecule has 1 N–H and O–H groups in total. The van der Waals surface area contributed by atoms with Crippen LogP contribution in [0.4, 0.5) is 0 Å². The second-order valence-electron chi connectivity index (χ2n) is 7.48. The number of rotatable bonds is 6. The van der Waals surface area contributed by atoms with Crippen molar-refractivity contribution in [3.8, 4) is 16.9 Å². The van der Waals surface area contributed by atoms with Crippen LogP contribution in [0.2, 0.25) is 0 Å². The van der Waals surface area contributed by atoms with E-state index in [4.69, 9.17) is 0 Å². The fraction of sp³-hybridized carbons (Fsp3) is 0.292. The molecule has 154 valence electrons. The lowest BCUT2D eigenvalue weighted by Gasteiger charge is -2.20. The Kier molecular flexibility index (Phi) is 6.23.